The lowest BCUT2D eigenvalue weighted by atomic mass is 10.0. The predicted molar refractivity (Wildman–Crippen MR) is 76.0 cm³/mol. The van der Waals surface area contributed by atoms with Crippen LogP contribution in [0.15, 0.2) is 35.5 Å². The molecule has 0 aromatic carbocycles. The van der Waals surface area contributed by atoms with Crippen molar-refractivity contribution < 1.29 is 8.78 Å². The Morgan fingerprint density at radius 3 is 2.22 bits per heavy atom. The van der Waals surface area contributed by atoms with Gasteiger partial charge in [-0.25, -0.2) is 8.78 Å². The molecule has 0 aromatic heterocycles. The Balaban J connectivity index is 4.52. The zero-order valence-corrected chi connectivity index (χ0v) is 12.2. The standard InChI is InChI=1S/C16H26F2/c1-6-8-9-15(13(3)4)11-10-14(5)12-16(17,18)7-2/h10-11H,5-9,12H2,1-4H3/b11-10-. The Kier molecular flexibility index (Phi) is 7.81. The van der Waals surface area contributed by atoms with Gasteiger partial charge in [-0.05, 0) is 37.8 Å². The lowest BCUT2D eigenvalue weighted by molar-refractivity contribution is -0.00124. The molecule has 0 saturated carbocycles. The topological polar surface area (TPSA) is 0 Å². The summed E-state index contributed by atoms with van der Waals surface area (Å²) < 4.78 is 26.4. The van der Waals surface area contributed by atoms with Crippen molar-refractivity contribution in [2.45, 2.75) is 65.7 Å². The third-order valence-electron chi connectivity index (χ3n) is 2.97. The molecular weight excluding hydrogens is 230 g/mol. The van der Waals surface area contributed by atoms with E-state index in [9.17, 15) is 8.78 Å². The van der Waals surface area contributed by atoms with E-state index in [4.69, 9.17) is 0 Å². The number of alkyl halides is 2. The Morgan fingerprint density at radius 1 is 1.17 bits per heavy atom. The summed E-state index contributed by atoms with van der Waals surface area (Å²) in [5, 5.41) is 0. The molecule has 0 saturated heterocycles. The summed E-state index contributed by atoms with van der Waals surface area (Å²) in [6, 6.07) is 0. The highest BCUT2D eigenvalue weighted by Crippen LogP contribution is 2.26. The fraction of sp³-hybridized carbons (Fsp3) is 0.625. The minimum atomic E-state index is -2.63. The first-order valence-electron chi connectivity index (χ1n) is 6.72. The molecular formula is C16H26F2. The first kappa shape index (κ1) is 17.1. The summed E-state index contributed by atoms with van der Waals surface area (Å²) in [7, 11) is 0. The molecule has 0 bridgehead atoms. The Morgan fingerprint density at radius 2 is 1.78 bits per heavy atom. The molecule has 18 heavy (non-hydrogen) atoms. The van der Waals surface area contributed by atoms with E-state index in [1.165, 1.54) is 18.1 Å². The Hall–Kier alpha value is -0.920. The zero-order chi connectivity index (χ0) is 14.2. The molecule has 0 heterocycles. The highest BCUT2D eigenvalue weighted by atomic mass is 19.3. The van der Waals surface area contributed by atoms with Gasteiger partial charge in [0, 0.05) is 12.8 Å². The summed E-state index contributed by atoms with van der Waals surface area (Å²) in [4.78, 5) is 0. The highest BCUT2D eigenvalue weighted by Gasteiger charge is 2.25. The van der Waals surface area contributed by atoms with Crippen molar-refractivity contribution in [2.75, 3.05) is 0 Å². The summed E-state index contributed by atoms with van der Waals surface area (Å²) in [5.41, 5.74) is 2.98. The van der Waals surface area contributed by atoms with E-state index in [2.05, 4.69) is 27.4 Å². The third kappa shape index (κ3) is 7.41. The summed E-state index contributed by atoms with van der Waals surface area (Å²) >= 11 is 0. The van der Waals surface area contributed by atoms with Crippen LogP contribution in [0.25, 0.3) is 0 Å². The molecule has 0 atom stereocenters. The number of halogens is 2. The lowest BCUT2D eigenvalue weighted by Crippen LogP contribution is -2.14. The number of rotatable bonds is 8. The summed E-state index contributed by atoms with van der Waals surface area (Å²) in [6.07, 6.45) is 6.57. The fourth-order valence-electron chi connectivity index (χ4n) is 1.60. The molecule has 0 N–H and O–H groups in total. The molecule has 104 valence electrons. The van der Waals surface area contributed by atoms with Crippen LogP contribution in [-0.4, -0.2) is 5.92 Å². The lowest BCUT2D eigenvalue weighted by Gasteiger charge is -2.13. The predicted octanol–water partition coefficient (Wildman–Crippen LogP) is 6.06. The fourth-order valence-corrected chi connectivity index (χ4v) is 1.60. The molecule has 0 unspecified atom stereocenters. The van der Waals surface area contributed by atoms with Gasteiger partial charge in [-0.1, -0.05) is 44.6 Å². The minimum absolute atomic E-state index is 0.134. The van der Waals surface area contributed by atoms with E-state index in [0.717, 1.165) is 19.3 Å². The summed E-state index contributed by atoms with van der Waals surface area (Å²) in [6.45, 7) is 11.5. The van der Waals surface area contributed by atoms with Crippen LogP contribution in [0.1, 0.15) is 59.8 Å². The molecule has 0 spiro atoms. The molecule has 0 aliphatic carbocycles. The molecule has 0 fully saturated rings. The molecule has 0 radical (unpaired) electrons. The molecule has 2 heteroatoms. The molecule has 0 rings (SSSR count). The monoisotopic (exact) mass is 256 g/mol. The largest absolute Gasteiger partial charge is 0.251 e. The van der Waals surface area contributed by atoms with Crippen LogP contribution in [0.3, 0.4) is 0 Å². The van der Waals surface area contributed by atoms with E-state index in [1.807, 2.05) is 6.08 Å². The average Bonchev–Trinajstić information content (AvgIpc) is 2.28. The minimum Gasteiger partial charge on any atom is -0.207 e. The van der Waals surface area contributed by atoms with E-state index in [-0.39, 0.29) is 12.8 Å². The van der Waals surface area contributed by atoms with Gasteiger partial charge in [0.25, 0.3) is 5.92 Å². The van der Waals surface area contributed by atoms with Gasteiger partial charge in [-0.3, -0.25) is 0 Å². The van der Waals surface area contributed by atoms with Crippen molar-refractivity contribution in [3.63, 3.8) is 0 Å². The van der Waals surface area contributed by atoms with E-state index in [1.54, 1.807) is 6.08 Å². The van der Waals surface area contributed by atoms with Crippen molar-refractivity contribution in [3.8, 4) is 0 Å². The maximum Gasteiger partial charge on any atom is 0.251 e. The van der Waals surface area contributed by atoms with Crippen LogP contribution in [0.2, 0.25) is 0 Å². The normalized spacial score (nSPS) is 11.9. The number of allylic oxidation sites excluding steroid dienone is 5. The van der Waals surface area contributed by atoms with Crippen LogP contribution in [0.5, 0.6) is 0 Å². The quantitative estimate of drug-likeness (QED) is 0.463. The van der Waals surface area contributed by atoms with Gasteiger partial charge >= 0.3 is 0 Å². The molecule has 0 aliphatic heterocycles. The van der Waals surface area contributed by atoms with Crippen LogP contribution >= 0.6 is 0 Å². The van der Waals surface area contributed by atoms with Gasteiger partial charge < -0.3 is 0 Å². The zero-order valence-electron chi connectivity index (χ0n) is 12.2. The van der Waals surface area contributed by atoms with Crippen molar-refractivity contribution >= 4 is 0 Å². The van der Waals surface area contributed by atoms with Crippen molar-refractivity contribution in [1.29, 1.82) is 0 Å². The van der Waals surface area contributed by atoms with Crippen molar-refractivity contribution in [2.24, 2.45) is 0 Å². The molecule has 0 aliphatic rings. The SMILES string of the molecule is C=C(/C=C\C(CCCC)=C(C)C)CC(F)(F)CC. The second-order valence-corrected chi connectivity index (χ2v) is 5.01. The van der Waals surface area contributed by atoms with Gasteiger partial charge in [0.1, 0.15) is 0 Å². The maximum absolute atomic E-state index is 13.2. The number of hydrogen-bond donors (Lipinski definition) is 0. The van der Waals surface area contributed by atoms with Crippen molar-refractivity contribution in [3.05, 3.63) is 35.5 Å². The van der Waals surface area contributed by atoms with Gasteiger partial charge in [-0.2, -0.15) is 0 Å². The van der Waals surface area contributed by atoms with Crippen LogP contribution in [0, 0.1) is 0 Å². The Labute approximate surface area is 110 Å². The second-order valence-electron chi connectivity index (χ2n) is 5.01. The van der Waals surface area contributed by atoms with Crippen LogP contribution in [-0.2, 0) is 0 Å². The van der Waals surface area contributed by atoms with Crippen LogP contribution < -0.4 is 0 Å². The highest BCUT2D eigenvalue weighted by molar-refractivity contribution is 5.29. The summed E-state index contributed by atoms with van der Waals surface area (Å²) in [5.74, 6) is -2.63. The van der Waals surface area contributed by atoms with Gasteiger partial charge in [0.15, 0.2) is 0 Å². The first-order chi connectivity index (χ1) is 8.32. The van der Waals surface area contributed by atoms with Gasteiger partial charge in [0.05, 0.1) is 0 Å². The number of unbranched alkanes of at least 4 members (excludes halogenated alkanes) is 1. The van der Waals surface area contributed by atoms with Crippen molar-refractivity contribution in [1.82, 2.24) is 0 Å². The molecule has 0 amide bonds. The third-order valence-corrected chi connectivity index (χ3v) is 2.97. The average molecular weight is 256 g/mol. The van der Waals surface area contributed by atoms with E-state index in [0.29, 0.717) is 5.57 Å². The maximum atomic E-state index is 13.2. The van der Waals surface area contributed by atoms with Crippen LogP contribution in [0.4, 0.5) is 8.78 Å². The van der Waals surface area contributed by atoms with Gasteiger partial charge in [-0.15, -0.1) is 0 Å². The number of hydrogen-bond acceptors (Lipinski definition) is 0. The van der Waals surface area contributed by atoms with E-state index >= 15 is 0 Å². The first-order valence-corrected chi connectivity index (χ1v) is 6.72. The second kappa shape index (κ2) is 8.23. The van der Waals surface area contributed by atoms with Gasteiger partial charge in [0.2, 0.25) is 0 Å². The molecule has 0 nitrogen and oxygen atoms in total. The van der Waals surface area contributed by atoms with E-state index < -0.39 is 5.92 Å². The molecule has 0 aromatic rings. The smallest absolute Gasteiger partial charge is 0.207 e. The Bertz CT molecular complexity index is 318.